The number of nitrogens with one attached hydrogen (secondary N) is 1. The van der Waals surface area contributed by atoms with E-state index >= 15 is 0 Å². The molecule has 1 heterocycles. The molecule has 0 spiro atoms. The third kappa shape index (κ3) is 2.84. The molecular weight excluding hydrogens is 283 g/mol. The molecule has 1 aromatic carbocycles. The fourth-order valence-corrected chi connectivity index (χ4v) is 3.38. The lowest BCUT2D eigenvalue weighted by atomic mass is 9.71. The molecule has 3 N–H and O–H groups in total. The van der Waals surface area contributed by atoms with Crippen LogP contribution in [0.15, 0.2) is 0 Å². The molecule has 6 nitrogen and oxygen atoms in total. The summed E-state index contributed by atoms with van der Waals surface area (Å²) in [5, 5.41) is 22.8. The van der Waals surface area contributed by atoms with Gasteiger partial charge in [-0.15, -0.1) is 0 Å². The molecule has 0 atom stereocenters. The standard InChI is InChI=1S/C15H23BN2O4/c1-9-12(15(19)22-4)10(2)14(11(3)13(9)16(20)21)18-7-5-17-6-8-18/h17,20-21H,5-8H2,1-4H3. The first-order chi connectivity index (χ1) is 10.4. The number of carbonyl (C=O) groups is 1. The van der Waals surface area contributed by atoms with E-state index in [-0.39, 0.29) is 0 Å². The van der Waals surface area contributed by atoms with Crippen molar-refractivity contribution in [1.82, 2.24) is 5.32 Å². The summed E-state index contributed by atoms with van der Waals surface area (Å²) in [6.07, 6.45) is 0. The molecule has 120 valence electrons. The van der Waals surface area contributed by atoms with Gasteiger partial charge in [-0.3, -0.25) is 0 Å². The van der Waals surface area contributed by atoms with Crippen molar-refractivity contribution >= 4 is 24.2 Å². The van der Waals surface area contributed by atoms with Crippen molar-refractivity contribution < 1.29 is 19.6 Å². The number of methoxy groups -OCH3 is 1. The smallest absolute Gasteiger partial charge is 0.465 e. The zero-order valence-corrected chi connectivity index (χ0v) is 13.6. The fraction of sp³-hybridized carbons (Fsp3) is 0.533. The molecule has 1 aliphatic heterocycles. The zero-order valence-electron chi connectivity index (χ0n) is 13.6. The molecule has 1 aliphatic rings. The van der Waals surface area contributed by atoms with Crippen LogP contribution in [0.25, 0.3) is 0 Å². The molecule has 0 amide bonds. The maximum atomic E-state index is 12.2. The summed E-state index contributed by atoms with van der Waals surface area (Å²) in [5.74, 6) is -0.451. The Balaban J connectivity index is 2.70. The predicted molar refractivity (Wildman–Crippen MR) is 86.9 cm³/mol. The third-order valence-electron chi connectivity index (χ3n) is 4.35. The third-order valence-corrected chi connectivity index (χ3v) is 4.35. The van der Waals surface area contributed by atoms with Gasteiger partial charge in [0, 0.05) is 31.9 Å². The van der Waals surface area contributed by atoms with E-state index in [0.717, 1.165) is 43.0 Å². The number of ether oxygens (including phenoxy) is 1. The van der Waals surface area contributed by atoms with Crippen molar-refractivity contribution in [3.8, 4) is 0 Å². The van der Waals surface area contributed by atoms with Crippen molar-refractivity contribution in [2.24, 2.45) is 0 Å². The lowest BCUT2D eigenvalue weighted by Gasteiger charge is -2.34. The lowest BCUT2D eigenvalue weighted by Crippen LogP contribution is -2.46. The molecule has 0 aliphatic carbocycles. The number of hydrogen-bond donors (Lipinski definition) is 3. The van der Waals surface area contributed by atoms with Gasteiger partial charge in [0.2, 0.25) is 0 Å². The molecule has 7 heteroatoms. The van der Waals surface area contributed by atoms with Gasteiger partial charge in [-0.1, -0.05) is 0 Å². The molecular formula is C15H23BN2O4. The maximum Gasteiger partial charge on any atom is 0.489 e. The van der Waals surface area contributed by atoms with Gasteiger partial charge in [0.1, 0.15) is 0 Å². The quantitative estimate of drug-likeness (QED) is 0.515. The largest absolute Gasteiger partial charge is 0.489 e. The van der Waals surface area contributed by atoms with Gasteiger partial charge in [0.05, 0.1) is 12.7 Å². The van der Waals surface area contributed by atoms with Crippen molar-refractivity contribution in [3.05, 3.63) is 22.3 Å². The average molecular weight is 306 g/mol. The van der Waals surface area contributed by atoms with E-state index in [0.29, 0.717) is 16.6 Å². The van der Waals surface area contributed by atoms with Crippen LogP contribution in [0.3, 0.4) is 0 Å². The summed E-state index contributed by atoms with van der Waals surface area (Å²) in [4.78, 5) is 14.3. The van der Waals surface area contributed by atoms with Crippen molar-refractivity contribution in [1.29, 1.82) is 0 Å². The second kappa shape index (κ2) is 6.68. The first kappa shape index (κ1) is 16.8. The summed E-state index contributed by atoms with van der Waals surface area (Å²) in [6.45, 7) is 8.82. The highest BCUT2D eigenvalue weighted by Crippen LogP contribution is 2.30. The van der Waals surface area contributed by atoms with Gasteiger partial charge in [-0.05, 0) is 42.9 Å². The molecule has 0 saturated carbocycles. The van der Waals surface area contributed by atoms with Crippen LogP contribution < -0.4 is 15.7 Å². The van der Waals surface area contributed by atoms with Crippen LogP contribution in [0.2, 0.25) is 0 Å². The number of carbonyl (C=O) groups excluding carboxylic acids is 1. The maximum absolute atomic E-state index is 12.2. The van der Waals surface area contributed by atoms with Crippen LogP contribution in [-0.4, -0.2) is 56.4 Å². The Bertz CT molecular complexity index is 584. The van der Waals surface area contributed by atoms with E-state index in [4.69, 9.17) is 4.74 Å². The number of benzene rings is 1. The van der Waals surface area contributed by atoms with Crippen molar-refractivity contribution in [3.63, 3.8) is 0 Å². The first-order valence-electron chi connectivity index (χ1n) is 7.43. The molecule has 0 bridgehead atoms. The molecule has 2 rings (SSSR count). The SMILES string of the molecule is COC(=O)c1c(C)c(B(O)O)c(C)c(N2CCNCC2)c1C. The van der Waals surface area contributed by atoms with Crippen LogP contribution in [0, 0.1) is 20.8 Å². The summed E-state index contributed by atoms with van der Waals surface area (Å²) in [5.41, 5.74) is 3.91. The van der Waals surface area contributed by atoms with E-state index in [1.54, 1.807) is 6.92 Å². The normalized spacial score (nSPS) is 14.9. The second-order valence-electron chi connectivity index (χ2n) is 5.61. The minimum absolute atomic E-state index is 0.388. The highest BCUT2D eigenvalue weighted by atomic mass is 16.5. The Morgan fingerprint density at radius 3 is 2.23 bits per heavy atom. The van der Waals surface area contributed by atoms with Gasteiger partial charge in [0.25, 0.3) is 0 Å². The average Bonchev–Trinajstić information content (AvgIpc) is 2.47. The molecule has 1 aromatic rings. The highest BCUT2D eigenvalue weighted by Gasteiger charge is 2.29. The van der Waals surface area contributed by atoms with E-state index in [1.807, 2.05) is 13.8 Å². The van der Waals surface area contributed by atoms with Crippen LogP contribution in [0.1, 0.15) is 27.0 Å². The number of esters is 1. The van der Waals surface area contributed by atoms with Crippen LogP contribution >= 0.6 is 0 Å². The molecule has 1 saturated heterocycles. The summed E-state index contributed by atoms with van der Waals surface area (Å²) >= 11 is 0. The molecule has 0 unspecified atom stereocenters. The number of piperazine rings is 1. The van der Waals surface area contributed by atoms with E-state index in [9.17, 15) is 14.8 Å². The predicted octanol–water partition coefficient (Wildman–Crippen LogP) is -0.512. The van der Waals surface area contributed by atoms with Gasteiger partial charge < -0.3 is 25.0 Å². The number of anilines is 1. The van der Waals surface area contributed by atoms with Crippen molar-refractivity contribution in [2.45, 2.75) is 20.8 Å². The summed E-state index contributed by atoms with van der Waals surface area (Å²) < 4.78 is 4.88. The lowest BCUT2D eigenvalue weighted by molar-refractivity contribution is 0.0599. The second-order valence-corrected chi connectivity index (χ2v) is 5.61. The van der Waals surface area contributed by atoms with Gasteiger partial charge in [-0.2, -0.15) is 0 Å². The van der Waals surface area contributed by atoms with Gasteiger partial charge >= 0.3 is 13.1 Å². The van der Waals surface area contributed by atoms with Crippen LogP contribution in [-0.2, 0) is 4.74 Å². The van der Waals surface area contributed by atoms with Gasteiger partial charge in [-0.25, -0.2) is 4.79 Å². The van der Waals surface area contributed by atoms with E-state index in [1.165, 1.54) is 7.11 Å². The Morgan fingerprint density at radius 2 is 1.73 bits per heavy atom. The monoisotopic (exact) mass is 306 g/mol. The minimum Gasteiger partial charge on any atom is -0.465 e. The van der Waals surface area contributed by atoms with Crippen molar-refractivity contribution in [2.75, 3.05) is 38.2 Å². The number of rotatable bonds is 3. The molecule has 0 radical (unpaired) electrons. The highest BCUT2D eigenvalue weighted by molar-refractivity contribution is 6.60. The fourth-order valence-electron chi connectivity index (χ4n) is 3.38. The topological polar surface area (TPSA) is 82.0 Å². The Morgan fingerprint density at radius 1 is 1.14 bits per heavy atom. The molecule has 0 aromatic heterocycles. The Labute approximate surface area is 131 Å². The van der Waals surface area contributed by atoms with Crippen LogP contribution in [0.4, 0.5) is 5.69 Å². The zero-order chi connectivity index (χ0) is 16.4. The van der Waals surface area contributed by atoms with E-state index in [2.05, 4.69) is 10.2 Å². The van der Waals surface area contributed by atoms with Gasteiger partial charge in [0.15, 0.2) is 0 Å². The summed E-state index contributed by atoms with van der Waals surface area (Å²) in [6, 6.07) is 0. The van der Waals surface area contributed by atoms with E-state index < -0.39 is 13.1 Å². The minimum atomic E-state index is -1.62. The number of nitrogens with zero attached hydrogens (tertiary/aromatic N) is 1. The first-order valence-corrected chi connectivity index (χ1v) is 7.43. The Hall–Kier alpha value is -1.57. The molecule has 1 fully saturated rings. The summed E-state index contributed by atoms with van der Waals surface area (Å²) in [7, 11) is -0.286. The molecule has 22 heavy (non-hydrogen) atoms. The number of hydrogen-bond acceptors (Lipinski definition) is 6. The van der Waals surface area contributed by atoms with Crippen LogP contribution in [0.5, 0.6) is 0 Å². The Kier molecular flexibility index (Phi) is 5.10.